The fraction of sp³-hybridized carbons (Fsp3) is 0.462. The molecule has 0 saturated heterocycles. The second-order valence-electron chi connectivity index (χ2n) is 5.14. The Labute approximate surface area is 137 Å². The summed E-state index contributed by atoms with van der Waals surface area (Å²) >= 11 is 8.91. The van der Waals surface area contributed by atoms with E-state index in [0.717, 1.165) is 6.07 Å². The van der Waals surface area contributed by atoms with E-state index in [-0.39, 0.29) is 32.4 Å². The van der Waals surface area contributed by atoms with Gasteiger partial charge in [-0.3, -0.25) is 0 Å². The quantitative estimate of drug-likeness (QED) is 0.769. The van der Waals surface area contributed by atoms with Gasteiger partial charge >= 0.3 is 5.97 Å². The first-order valence-electron chi connectivity index (χ1n) is 6.28. The number of carboxylic acids is 1. The Morgan fingerprint density at radius 1 is 1.38 bits per heavy atom. The molecular weight excluding hydrogens is 382 g/mol. The van der Waals surface area contributed by atoms with Gasteiger partial charge in [-0.05, 0) is 39.9 Å². The molecular formula is C13H17BrClNO4S. The van der Waals surface area contributed by atoms with E-state index >= 15 is 0 Å². The van der Waals surface area contributed by atoms with Crippen molar-refractivity contribution in [3.63, 3.8) is 0 Å². The lowest BCUT2D eigenvalue weighted by molar-refractivity contribution is 0.0696. The standard InChI is InChI=1S/C13H17BrClNO4S/c1-7(2)8(3)6-16-21(19,20)9-4-10(13(17)18)12(15)11(14)5-9/h4-5,7-8,16H,6H2,1-3H3,(H,17,18). The summed E-state index contributed by atoms with van der Waals surface area (Å²) in [5.74, 6) is -0.790. The first-order chi connectivity index (χ1) is 9.56. The van der Waals surface area contributed by atoms with Crippen LogP contribution in [0.15, 0.2) is 21.5 Å². The second-order valence-corrected chi connectivity index (χ2v) is 8.14. The molecule has 1 aromatic carbocycles. The number of benzene rings is 1. The molecule has 1 rings (SSSR count). The maximum absolute atomic E-state index is 12.2. The van der Waals surface area contributed by atoms with Crippen LogP contribution in [0.2, 0.25) is 5.02 Å². The molecule has 0 amide bonds. The molecule has 0 bridgehead atoms. The van der Waals surface area contributed by atoms with Crippen LogP contribution in [-0.4, -0.2) is 26.0 Å². The van der Waals surface area contributed by atoms with Crippen LogP contribution in [-0.2, 0) is 10.0 Å². The Hall–Kier alpha value is -0.630. The van der Waals surface area contributed by atoms with Crippen LogP contribution in [0.25, 0.3) is 0 Å². The van der Waals surface area contributed by atoms with Crippen LogP contribution in [0.5, 0.6) is 0 Å². The highest BCUT2D eigenvalue weighted by Gasteiger charge is 2.21. The molecule has 21 heavy (non-hydrogen) atoms. The van der Waals surface area contributed by atoms with Crippen LogP contribution in [0.1, 0.15) is 31.1 Å². The highest BCUT2D eigenvalue weighted by atomic mass is 79.9. The summed E-state index contributed by atoms with van der Waals surface area (Å²) in [6.45, 7) is 6.22. The SMILES string of the molecule is CC(C)C(C)CNS(=O)(=O)c1cc(Br)c(Cl)c(C(=O)O)c1. The molecule has 0 radical (unpaired) electrons. The molecule has 1 aromatic rings. The summed E-state index contributed by atoms with van der Waals surface area (Å²) in [7, 11) is -3.79. The van der Waals surface area contributed by atoms with Crippen molar-refractivity contribution >= 4 is 43.5 Å². The molecule has 0 aliphatic rings. The summed E-state index contributed by atoms with van der Waals surface area (Å²) in [6.07, 6.45) is 0. The number of aromatic carboxylic acids is 1. The molecule has 0 aliphatic carbocycles. The van der Waals surface area contributed by atoms with Crippen molar-refractivity contribution in [3.05, 3.63) is 27.2 Å². The zero-order valence-corrected chi connectivity index (χ0v) is 15.0. The summed E-state index contributed by atoms with van der Waals surface area (Å²) in [5, 5.41) is 9.02. The van der Waals surface area contributed by atoms with E-state index in [4.69, 9.17) is 16.7 Å². The maximum atomic E-state index is 12.2. The monoisotopic (exact) mass is 397 g/mol. The van der Waals surface area contributed by atoms with Gasteiger partial charge in [-0.1, -0.05) is 32.4 Å². The van der Waals surface area contributed by atoms with E-state index < -0.39 is 16.0 Å². The average Bonchev–Trinajstić information content (AvgIpc) is 2.38. The van der Waals surface area contributed by atoms with Gasteiger partial charge in [0.1, 0.15) is 0 Å². The molecule has 0 aromatic heterocycles. The summed E-state index contributed by atoms with van der Waals surface area (Å²) in [4.78, 5) is 11.0. The fourth-order valence-corrected chi connectivity index (χ4v) is 3.43. The van der Waals surface area contributed by atoms with E-state index in [1.54, 1.807) is 0 Å². The van der Waals surface area contributed by atoms with Crippen LogP contribution < -0.4 is 4.72 Å². The van der Waals surface area contributed by atoms with Crippen molar-refractivity contribution in [2.45, 2.75) is 25.7 Å². The molecule has 2 N–H and O–H groups in total. The third kappa shape index (κ3) is 4.67. The van der Waals surface area contributed by atoms with Crippen LogP contribution in [0.4, 0.5) is 0 Å². The van der Waals surface area contributed by atoms with E-state index in [2.05, 4.69) is 20.7 Å². The summed E-state index contributed by atoms with van der Waals surface area (Å²) < 4.78 is 27.2. The zero-order valence-electron chi connectivity index (χ0n) is 11.9. The lowest BCUT2D eigenvalue weighted by atomic mass is 9.99. The molecule has 0 spiro atoms. The van der Waals surface area contributed by atoms with Gasteiger partial charge in [0.2, 0.25) is 10.0 Å². The van der Waals surface area contributed by atoms with E-state index in [1.165, 1.54) is 6.07 Å². The highest BCUT2D eigenvalue weighted by molar-refractivity contribution is 9.10. The molecule has 8 heteroatoms. The van der Waals surface area contributed by atoms with Gasteiger partial charge in [0.15, 0.2) is 0 Å². The Morgan fingerprint density at radius 3 is 2.43 bits per heavy atom. The van der Waals surface area contributed by atoms with Crippen molar-refractivity contribution in [2.75, 3.05) is 6.54 Å². The molecule has 0 aliphatic heterocycles. The smallest absolute Gasteiger partial charge is 0.337 e. The Kier molecular flexibility index (Phi) is 6.22. The molecule has 0 fully saturated rings. The van der Waals surface area contributed by atoms with E-state index in [1.807, 2.05) is 20.8 Å². The van der Waals surface area contributed by atoms with Crippen LogP contribution >= 0.6 is 27.5 Å². The minimum atomic E-state index is -3.79. The normalized spacial score (nSPS) is 13.4. The number of nitrogens with one attached hydrogen (secondary N) is 1. The highest BCUT2D eigenvalue weighted by Crippen LogP contribution is 2.30. The third-order valence-electron chi connectivity index (χ3n) is 3.28. The maximum Gasteiger partial charge on any atom is 0.337 e. The van der Waals surface area contributed by atoms with Gasteiger partial charge in [0.25, 0.3) is 0 Å². The summed E-state index contributed by atoms with van der Waals surface area (Å²) in [6, 6.07) is 2.34. The number of carboxylic acid groups (broad SMARTS) is 1. The second kappa shape index (κ2) is 7.09. The van der Waals surface area contributed by atoms with E-state index in [0.29, 0.717) is 5.92 Å². The van der Waals surface area contributed by atoms with Crippen molar-refractivity contribution in [2.24, 2.45) is 11.8 Å². The zero-order chi connectivity index (χ0) is 16.4. The predicted molar refractivity (Wildman–Crippen MR) is 85.3 cm³/mol. The van der Waals surface area contributed by atoms with Gasteiger partial charge in [-0.25, -0.2) is 17.9 Å². The van der Waals surface area contributed by atoms with Gasteiger partial charge in [-0.2, -0.15) is 0 Å². The Bertz CT molecular complexity index is 646. The number of sulfonamides is 1. The molecule has 1 unspecified atom stereocenters. The minimum Gasteiger partial charge on any atom is -0.478 e. The van der Waals surface area contributed by atoms with E-state index in [9.17, 15) is 13.2 Å². The molecule has 0 saturated carbocycles. The van der Waals surface area contributed by atoms with Crippen molar-refractivity contribution in [3.8, 4) is 0 Å². The minimum absolute atomic E-state index is 0.0306. The summed E-state index contributed by atoms with van der Waals surface area (Å²) in [5.41, 5.74) is -0.261. The lowest BCUT2D eigenvalue weighted by Crippen LogP contribution is -2.30. The first-order valence-corrected chi connectivity index (χ1v) is 8.93. The number of hydrogen-bond donors (Lipinski definition) is 2. The Balaban J connectivity index is 3.12. The molecule has 0 heterocycles. The molecule has 118 valence electrons. The van der Waals surface area contributed by atoms with Crippen molar-refractivity contribution in [1.82, 2.24) is 4.72 Å². The largest absolute Gasteiger partial charge is 0.478 e. The van der Waals surface area contributed by atoms with Crippen molar-refractivity contribution in [1.29, 1.82) is 0 Å². The van der Waals surface area contributed by atoms with Gasteiger partial charge in [0.05, 0.1) is 15.5 Å². The average molecular weight is 399 g/mol. The van der Waals surface area contributed by atoms with Gasteiger partial charge in [-0.15, -0.1) is 0 Å². The molecule has 5 nitrogen and oxygen atoms in total. The van der Waals surface area contributed by atoms with Gasteiger partial charge < -0.3 is 5.11 Å². The Morgan fingerprint density at radius 2 is 1.95 bits per heavy atom. The third-order valence-corrected chi connectivity index (χ3v) is 5.94. The van der Waals surface area contributed by atoms with Gasteiger partial charge in [0, 0.05) is 11.0 Å². The van der Waals surface area contributed by atoms with Crippen LogP contribution in [0, 0.1) is 11.8 Å². The number of carbonyl (C=O) groups is 1. The topological polar surface area (TPSA) is 83.5 Å². The lowest BCUT2D eigenvalue weighted by Gasteiger charge is -2.16. The van der Waals surface area contributed by atoms with Crippen molar-refractivity contribution < 1.29 is 18.3 Å². The fourth-order valence-electron chi connectivity index (χ4n) is 1.44. The van der Waals surface area contributed by atoms with Crippen LogP contribution in [0.3, 0.4) is 0 Å². The first kappa shape index (κ1) is 18.4. The predicted octanol–water partition coefficient (Wildman–Crippen LogP) is 3.37. The number of hydrogen-bond acceptors (Lipinski definition) is 3. The number of rotatable bonds is 6. The molecule has 1 atom stereocenters. The number of halogens is 2.